The third-order valence-corrected chi connectivity index (χ3v) is 9.66. The molecular weight excluding hydrogens is 631 g/mol. The van der Waals surface area contributed by atoms with E-state index in [9.17, 15) is 19.5 Å². The monoisotopic (exact) mass is 679 g/mol. The molecule has 0 spiro atoms. The number of aliphatic hydroxyl groups is 1. The first-order valence-corrected chi connectivity index (χ1v) is 16.2. The molecule has 2 aliphatic carbocycles. The molecular formula is C35H49N4NiO6-. The van der Waals surface area contributed by atoms with Crippen molar-refractivity contribution in [2.45, 2.75) is 94.9 Å². The van der Waals surface area contributed by atoms with Crippen LogP contribution in [0, 0.1) is 54.3 Å². The van der Waals surface area contributed by atoms with Gasteiger partial charge in [0.25, 0.3) is 0 Å². The number of aromatic nitrogens is 1. The van der Waals surface area contributed by atoms with E-state index in [4.69, 9.17) is 9.47 Å². The van der Waals surface area contributed by atoms with Crippen molar-refractivity contribution in [3.05, 3.63) is 28.3 Å². The van der Waals surface area contributed by atoms with E-state index in [1.165, 1.54) is 13.8 Å². The predicted octanol–water partition coefficient (Wildman–Crippen LogP) is 7.00. The number of aliphatic imine (C=N–C) groups is 2. The van der Waals surface area contributed by atoms with Gasteiger partial charge in [0.1, 0.15) is 11.7 Å². The molecule has 4 rings (SSSR count). The summed E-state index contributed by atoms with van der Waals surface area (Å²) in [7, 11) is 0. The van der Waals surface area contributed by atoms with Crippen LogP contribution >= 0.6 is 0 Å². The summed E-state index contributed by atoms with van der Waals surface area (Å²) in [5, 5.41) is 12.7. The molecule has 4 atom stereocenters. The van der Waals surface area contributed by atoms with Crippen LogP contribution in [0.15, 0.2) is 27.0 Å². The first kappa shape index (κ1) is 37.3. The minimum atomic E-state index is -0.350. The second-order valence-corrected chi connectivity index (χ2v) is 14.0. The van der Waals surface area contributed by atoms with Crippen LogP contribution in [-0.2, 0) is 35.6 Å². The van der Waals surface area contributed by atoms with Crippen LogP contribution < -0.4 is 15.0 Å². The fourth-order valence-electron chi connectivity index (χ4n) is 7.93. The maximum Gasteiger partial charge on any atom is 0.315 e. The molecule has 256 valence electrons. The molecule has 0 saturated heterocycles. The molecule has 11 heteroatoms. The number of anilines is 1. The van der Waals surface area contributed by atoms with Gasteiger partial charge < -0.3 is 24.9 Å². The van der Waals surface area contributed by atoms with E-state index >= 15 is 0 Å². The quantitative estimate of drug-likeness (QED) is 0.143. The molecule has 1 aliphatic heterocycles. The van der Waals surface area contributed by atoms with E-state index in [1.807, 2.05) is 0 Å². The average molecular weight is 680 g/mol. The zero-order chi connectivity index (χ0) is 33.3. The standard InChI is InChI=1S/C35H50N4O6.Ni/c1-16-11-18(3)28(19(4)12-16)34(42)44-30-22(7)26(38-32(30)36-24(9)40)15-27-23(8)31(33(39-27)37-25(10)41)45-35(43)29-20(5)13-17(2)14-21(29)6;/h15-21,28-29H,11-14H2,1-10H3,(H3,36,37,38,39,40,41);/p-1. The Labute approximate surface area is 282 Å². The third kappa shape index (κ3) is 8.20. The van der Waals surface area contributed by atoms with E-state index in [-0.39, 0.29) is 98.9 Å². The third-order valence-electron chi connectivity index (χ3n) is 9.66. The second kappa shape index (κ2) is 15.1. The zero-order valence-electron chi connectivity index (χ0n) is 28.7. The SMILES string of the molecule is CC(=O)Nc1[n-]c(/C=C2\N=C(N=C(C)O)C(OC(=O)C3C(C)CC(C)CC3C)=C2C)c(C)c1OC(=O)C1C(C)CC(C)CC1C.[Ni]. The summed E-state index contributed by atoms with van der Waals surface area (Å²) >= 11 is 0. The molecule has 2 fully saturated rings. The van der Waals surface area contributed by atoms with Gasteiger partial charge in [-0.2, -0.15) is 4.99 Å². The Hall–Kier alpha value is -3.20. The summed E-state index contributed by atoms with van der Waals surface area (Å²) in [6, 6.07) is 0. The minimum absolute atomic E-state index is 0. The Kier molecular flexibility index (Phi) is 12.3. The van der Waals surface area contributed by atoms with Crippen molar-refractivity contribution in [2.24, 2.45) is 57.3 Å². The number of nitrogens with zero attached hydrogens (tertiary/aromatic N) is 3. The maximum atomic E-state index is 13.5. The number of hydrogen-bond acceptors (Lipinski definition) is 7. The van der Waals surface area contributed by atoms with Crippen LogP contribution in [0.5, 0.6) is 5.75 Å². The Bertz CT molecular complexity index is 1450. The molecule has 0 bridgehead atoms. The van der Waals surface area contributed by atoms with Crippen LogP contribution in [0.25, 0.3) is 6.08 Å². The van der Waals surface area contributed by atoms with Gasteiger partial charge in [0.15, 0.2) is 17.5 Å². The summed E-state index contributed by atoms with van der Waals surface area (Å²) in [6.07, 6.45) is 5.48. The van der Waals surface area contributed by atoms with Gasteiger partial charge in [-0.3, -0.25) is 14.4 Å². The maximum absolute atomic E-state index is 13.5. The van der Waals surface area contributed by atoms with Gasteiger partial charge in [-0.1, -0.05) is 41.5 Å². The normalized spacial score (nSPS) is 30.9. The molecule has 3 aliphatic rings. The molecule has 0 aromatic carbocycles. The molecule has 1 aromatic rings. The number of esters is 2. The number of aliphatic hydroxyl groups excluding tert-OH is 1. The Balaban J connectivity index is 0.00000576. The number of carbonyl (C=O) groups excluding carboxylic acids is 3. The molecule has 4 unspecified atom stereocenters. The van der Waals surface area contributed by atoms with E-state index in [0.29, 0.717) is 34.4 Å². The molecule has 2 heterocycles. The number of amides is 1. The van der Waals surface area contributed by atoms with Crippen molar-refractivity contribution in [1.82, 2.24) is 4.98 Å². The van der Waals surface area contributed by atoms with Crippen molar-refractivity contribution in [3.63, 3.8) is 0 Å². The van der Waals surface area contributed by atoms with Crippen molar-refractivity contribution >= 4 is 41.5 Å². The van der Waals surface area contributed by atoms with Gasteiger partial charge in [-0.05, 0) is 105 Å². The van der Waals surface area contributed by atoms with Crippen LogP contribution in [0.1, 0.15) is 99.3 Å². The molecule has 2 saturated carbocycles. The predicted molar refractivity (Wildman–Crippen MR) is 175 cm³/mol. The molecule has 1 amide bonds. The topological polar surface area (TPSA) is 141 Å². The number of allylic oxidation sites excluding steroid dienone is 1. The first-order chi connectivity index (χ1) is 21.1. The van der Waals surface area contributed by atoms with Crippen LogP contribution in [0.2, 0.25) is 0 Å². The Morgan fingerprint density at radius 1 is 0.870 bits per heavy atom. The van der Waals surface area contributed by atoms with E-state index in [0.717, 1.165) is 25.7 Å². The van der Waals surface area contributed by atoms with Crippen molar-refractivity contribution < 1.29 is 45.5 Å². The number of rotatable bonds is 6. The Morgan fingerprint density at radius 2 is 1.35 bits per heavy atom. The summed E-state index contributed by atoms with van der Waals surface area (Å²) in [6.45, 7) is 19.1. The van der Waals surface area contributed by atoms with E-state index in [1.54, 1.807) is 19.9 Å². The smallest absolute Gasteiger partial charge is 0.315 e. The van der Waals surface area contributed by atoms with Gasteiger partial charge in [-0.15, -0.1) is 0 Å². The van der Waals surface area contributed by atoms with Crippen LogP contribution in [0.4, 0.5) is 5.82 Å². The van der Waals surface area contributed by atoms with Crippen LogP contribution in [-0.4, -0.2) is 34.7 Å². The second-order valence-electron chi connectivity index (χ2n) is 14.0. The number of carbonyl (C=O) groups is 3. The largest absolute Gasteiger partial charge is 0.497 e. The number of hydrogen-bond donors (Lipinski definition) is 2. The van der Waals surface area contributed by atoms with Gasteiger partial charge in [0.2, 0.25) is 0 Å². The van der Waals surface area contributed by atoms with Gasteiger partial charge in [0, 0.05) is 29.0 Å². The van der Waals surface area contributed by atoms with Crippen LogP contribution in [0.3, 0.4) is 0 Å². The van der Waals surface area contributed by atoms with Crippen molar-refractivity contribution in [2.75, 3.05) is 5.32 Å². The molecule has 10 nitrogen and oxygen atoms in total. The van der Waals surface area contributed by atoms with Gasteiger partial charge >= 0.3 is 11.9 Å². The fourth-order valence-corrected chi connectivity index (χ4v) is 7.93. The number of nitrogens with one attached hydrogen (secondary N) is 1. The molecule has 0 radical (unpaired) electrons. The summed E-state index contributed by atoms with van der Waals surface area (Å²) < 4.78 is 12.0. The number of amidine groups is 1. The Morgan fingerprint density at radius 3 is 1.80 bits per heavy atom. The number of ether oxygens (including phenoxy) is 2. The molecule has 2 N–H and O–H groups in total. The summed E-state index contributed by atoms with van der Waals surface area (Å²) in [4.78, 5) is 52.4. The summed E-state index contributed by atoms with van der Waals surface area (Å²) in [5.41, 5.74) is 1.96. The molecule has 46 heavy (non-hydrogen) atoms. The fraction of sp³-hybridized carbons (Fsp3) is 0.629. The van der Waals surface area contributed by atoms with E-state index < -0.39 is 0 Å². The molecule has 1 aromatic heterocycles. The van der Waals surface area contributed by atoms with Crippen molar-refractivity contribution in [3.8, 4) is 5.75 Å². The van der Waals surface area contributed by atoms with E-state index in [2.05, 4.69) is 61.8 Å². The average Bonchev–Trinajstić information content (AvgIpc) is 3.32. The van der Waals surface area contributed by atoms with Gasteiger partial charge in [-0.25, -0.2) is 4.99 Å². The van der Waals surface area contributed by atoms with Crippen molar-refractivity contribution in [1.29, 1.82) is 0 Å². The first-order valence-electron chi connectivity index (χ1n) is 16.2. The van der Waals surface area contributed by atoms with Gasteiger partial charge in [0.05, 0.1) is 17.5 Å². The zero-order valence-corrected chi connectivity index (χ0v) is 29.7. The minimum Gasteiger partial charge on any atom is -0.497 e. The summed E-state index contributed by atoms with van der Waals surface area (Å²) in [5.74, 6) is 0.641.